The van der Waals surface area contributed by atoms with Gasteiger partial charge in [0.25, 0.3) is 5.91 Å². The highest BCUT2D eigenvalue weighted by atomic mass is 16.5. The largest absolute Gasteiger partial charge is 0.495 e. The molecule has 27 heavy (non-hydrogen) atoms. The Kier molecular flexibility index (Phi) is 5.71. The molecule has 0 bridgehead atoms. The van der Waals surface area contributed by atoms with Crippen LogP contribution in [0, 0.1) is 6.92 Å². The van der Waals surface area contributed by atoms with Gasteiger partial charge in [0.15, 0.2) is 0 Å². The van der Waals surface area contributed by atoms with E-state index in [9.17, 15) is 4.79 Å². The summed E-state index contributed by atoms with van der Waals surface area (Å²) in [6.45, 7) is 4.08. The Hall–Kier alpha value is -3.34. The number of anilines is 3. The average Bonchev–Trinajstić information content (AvgIpc) is 2.69. The number of nitrogens with one attached hydrogen (secondary N) is 2. The third-order valence-electron chi connectivity index (χ3n) is 4.25. The quantitative estimate of drug-likeness (QED) is 0.651. The van der Waals surface area contributed by atoms with Gasteiger partial charge in [-0.3, -0.25) is 9.78 Å². The summed E-state index contributed by atoms with van der Waals surface area (Å²) in [4.78, 5) is 16.8. The van der Waals surface area contributed by atoms with E-state index in [1.165, 1.54) is 5.56 Å². The van der Waals surface area contributed by atoms with Crippen LogP contribution in [0.2, 0.25) is 0 Å². The molecular weight excluding hydrogens is 338 g/mol. The Bertz CT molecular complexity index is 937. The van der Waals surface area contributed by atoms with Crippen LogP contribution in [0.25, 0.3) is 0 Å². The second kappa shape index (κ2) is 8.36. The number of aryl methyl sites for hydroxylation is 2. The molecule has 0 aliphatic carbocycles. The van der Waals surface area contributed by atoms with E-state index in [0.29, 0.717) is 17.1 Å². The summed E-state index contributed by atoms with van der Waals surface area (Å²) in [5.74, 6) is 0.322. The van der Waals surface area contributed by atoms with Crippen LogP contribution in [-0.2, 0) is 6.42 Å². The molecule has 0 radical (unpaired) electrons. The average molecular weight is 361 g/mol. The third kappa shape index (κ3) is 4.64. The van der Waals surface area contributed by atoms with Gasteiger partial charge in [0, 0.05) is 17.6 Å². The minimum Gasteiger partial charge on any atom is -0.495 e. The summed E-state index contributed by atoms with van der Waals surface area (Å²) < 4.78 is 5.31. The fourth-order valence-corrected chi connectivity index (χ4v) is 2.73. The smallest absolute Gasteiger partial charge is 0.274 e. The molecule has 5 heteroatoms. The predicted octanol–water partition coefficient (Wildman–Crippen LogP) is 4.96. The molecule has 0 saturated heterocycles. The van der Waals surface area contributed by atoms with E-state index < -0.39 is 0 Å². The van der Waals surface area contributed by atoms with Crippen molar-refractivity contribution in [1.82, 2.24) is 4.98 Å². The summed E-state index contributed by atoms with van der Waals surface area (Å²) >= 11 is 0. The van der Waals surface area contributed by atoms with Crippen LogP contribution < -0.4 is 15.4 Å². The van der Waals surface area contributed by atoms with E-state index in [2.05, 4.69) is 34.7 Å². The van der Waals surface area contributed by atoms with Gasteiger partial charge in [0.1, 0.15) is 11.4 Å². The van der Waals surface area contributed by atoms with Crippen LogP contribution in [-0.4, -0.2) is 18.0 Å². The Labute approximate surface area is 159 Å². The van der Waals surface area contributed by atoms with E-state index in [-0.39, 0.29) is 5.91 Å². The van der Waals surface area contributed by atoms with Crippen molar-refractivity contribution in [2.24, 2.45) is 0 Å². The summed E-state index contributed by atoms with van der Waals surface area (Å²) in [6, 6.07) is 17.4. The molecule has 2 N–H and O–H groups in total. The van der Waals surface area contributed by atoms with Crippen molar-refractivity contribution in [3.05, 3.63) is 77.6 Å². The highest BCUT2D eigenvalue weighted by Gasteiger charge is 2.12. The Morgan fingerprint density at radius 2 is 1.81 bits per heavy atom. The van der Waals surface area contributed by atoms with E-state index in [4.69, 9.17) is 4.74 Å². The topological polar surface area (TPSA) is 63.2 Å². The van der Waals surface area contributed by atoms with Crippen molar-refractivity contribution in [2.75, 3.05) is 17.7 Å². The fraction of sp³-hybridized carbons (Fsp3) is 0.182. The molecule has 1 aromatic heterocycles. The van der Waals surface area contributed by atoms with Crippen LogP contribution in [0.4, 0.5) is 17.1 Å². The fourth-order valence-electron chi connectivity index (χ4n) is 2.73. The van der Waals surface area contributed by atoms with Gasteiger partial charge in [0.2, 0.25) is 0 Å². The van der Waals surface area contributed by atoms with Crippen LogP contribution in [0.3, 0.4) is 0 Å². The molecule has 3 rings (SSSR count). The molecule has 0 saturated carbocycles. The number of benzene rings is 2. The summed E-state index contributed by atoms with van der Waals surface area (Å²) in [5, 5.41) is 6.17. The number of ether oxygens (including phenoxy) is 1. The lowest BCUT2D eigenvalue weighted by Gasteiger charge is -2.12. The number of nitrogens with zero attached hydrogens (tertiary/aromatic N) is 1. The highest BCUT2D eigenvalue weighted by molar-refractivity contribution is 6.04. The Morgan fingerprint density at radius 1 is 1.04 bits per heavy atom. The van der Waals surface area contributed by atoms with E-state index in [1.807, 2.05) is 43.3 Å². The van der Waals surface area contributed by atoms with Crippen LogP contribution in [0.5, 0.6) is 5.75 Å². The van der Waals surface area contributed by atoms with Gasteiger partial charge in [-0.15, -0.1) is 0 Å². The number of carbonyl (C=O) groups excluding carboxylic acids is 1. The van der Waals surface area contributed by atoms with Crippen LogP contribution in [0.1, 0.15) is 28.5 Å². The normalized spacial score (nSPS) is 10.3. The number of methoxy groups -OCH3 is 1. The molecular formula is C22H23N3O2. The molecule has 0 unspecified atom stereocenters. The molecule has 3 aromatic rings. The van der Waals surface area contributed by atoms with Crippen molar-refractivity contribution in [3.63, 3.8) is 0 Å². The SMILES string of the molecule is CCc1ccc(Nc2ccnc(C(=O)Nc3cc(C)ccc3OC)c2)cc1. The molecule has 2 aromatic carbocycles. The van der Waals surface area contributed by atoms with Crippen molar-refractivity contribution in [3.8, 4) is 5.75 Å². The van der Waals surface area contributed by atoms with Gasteiger partial charge >= 0.3 is 0 Å². The second-order valence-corrected chi connectivity index (χ2v) is 6.26. The maximum absolute atomic E-state index is 12.6. The van der Waals surface area contributed by atoms with Gasteiger partial charge in [-0.2, -0.15) is 0 Å². The standard InChI is InChI=1S/C22H23N3O2/c1-4-16-6-8-17(9-7-16)24-18-11-12-23-20(14-18)22(26)25-19-13-15(2)5-10-21(19)27-3/h5-14H,4H2,1-3H3,(H,23,24)(H,25,26). The maximum Gasteiger partial charge on any atom is 0.274 e. The van der Waals surface area contributed by atoms with E-state index >= 15 is 0 Å². The number of pyridine rings is 1. The minimum atomic E-state index is -0.288. The maximum atomic E-state index is 12.6. The molecule has 0 atom stereocenters. The third-order valence-corrected chi connectivity index (χ3v) is 4.25. The van der Waals surface area contributed by atoms with Gasteiger partial charge in [-0.1, -0.05) is 25.1 Å². The van der Waals surface area contributed by atoms with E-state index in [0.717, 1.165) is 23.4 Å². The number of hydrogen-bond donors (Lipinski definition) is 2. The number of rotatable bonds is 6. The zero-order chi connectivity index (χ0) is 19.2. The number of aromatic nitrogens is 1. The molecule has 0 spiro atoms. The monoisotopic (exact) mass is 361 g/mol. The lowest BCUT2D eigenvalue weighted by Crippen LogP contribution is -2.14. The molecule has 0 aliphatic heterocycles. The van der Waals surface area contributed by atoms with Gasteiger partial charge < -0.3 is 15.4 Å². The number of carbonyl (C=O) groups is 1. The number of hydrogen-bond acceptors (Lipinski definition) is 4. The molecule has 138 valence electrons. The van der Waals surface area contributed by atoms with Gasteiger partial charge in [-0.05, 0) is 60.9 Å². The molecule has 5 nitrogen and oxygen atoms in total. The first-order valence-electron chi connectivity index (χ1n) is 8.87. The molecule has 1 amide bonds. The summed E-state index contributed by atoms with van der Waals surface area (Å²) in [5.41, 5.74) is 5.03. The highest BCUT2D eigenvalue weighted by Crippen LogP contribution is 2.26. The first-order chi connectivity index (χ1) is 13.1. The van der Waals surface area contributed by atoms with Crippen molar-refractivity contribution in [2.45, 2.75) is 20.3 Å². The number of amides is 1. The Balaban J connectivity index is 1.76. The van der Waals surface area contributed by atoms with E-state index in [1.54, 1.807) is 19.4 Å². The zero-order valence-corrected chi connectivity index (χ0v) is 15.7. The first kappa shape index (κ1) is 18.5. The molecule has 1 heterocycles. The van der Waals surface area contributed by atoms with Crippen LogP contribution >= 0.6 is 0 Å². The second-order valence-electron chi connectivity index (χ2n) is 6.26. The lowest BCUT2D eigenvalue weighted by atomic mass is 10.1. The van der Waals surface area contributed by atoms with Crippen molar-refractivity contribution < 1.29 is 9.53 Å². The predicted molar refractivity (Wildman–Crippen MR) is 109 cm³/mol. The molecule has 0 fully saturated rings. The van der Waals surface area contributed by atoms with Crippen molar-refractivity contribution >= 4 is 23.0 Å². The van der Waals surface area contributed by atoms with Crippen molar-refractivity contribution in [1.29, 1.82) is 0 Å². The van der Waals surface area contributed by atoms with Gasteiger partial charge in [-0.25, -0.2) is 0 Å². The molecule has 0 aliphatic rings. The summed E-state index contributed by atoms with van der Waals surface area (Å²) in [7, 11) is 1.58. The lowest BCUT2D eigenvalue weighted by molar-refractivity contribution is 0.102. The Morgan fingerprint density at radius 3 is 2.52 bits per heavy atom. The first-order valence-corrected chi connectivity index (χ1v) is 8.87. The minimum absolute atomic E-state index is 0.288. The van der Waals surface area contributed by atoms with Crippen LogP contribution in [0.15, 0.2) is 60.8 Å². The summed E-state index contributed by atoms with van der Waals surface area (Å²) in [6.07, 6.45) is 2.62. The zero-order valence-electron chi connectivity index (χ0n) is 15.7. The van der Waals surface area contributed by atoms with Gasteiger partial charge in [0.05, 0.1) is 12.8 Å².